The van der Waals surface area contributed by atoms with Gasteiger partial charge in [-0.15, -0.1) is 0 Å². The van der Waals surface area contributed by atoms with Gasteiger partial charge in [-0.25, -0.2) is 4.79 Å². The Kier molecular flexibility index (Phi) is 7.29. The maximum atomic E-state index is 13.1. The van der Waals surface area contributed by atoms with Crippen molar-refractivity contribution < 1.29 is 23.9 Å². The van der Waals surface area contributed by atoms with Crippen molar-refractivity contribution >= 4 is 23.8 Å². The van der Waals surface area contributed by atoms with Crippen molar-refractivity contribution in [3.63, 3.8) is 0 Å². The molecule has 0 radical (unpaired) electrons. The van der Waals surface area contributed by atoms with Gasteiger partial charge in [0.1, 0.15) is 17.8 Å². The van der Waals surface area contributed by atoms with Gasteiger partial charge in [0.25, 0.3) is 17.7 Å². The molecule has 3 rings (SSSR count). The number of urea groups is 1. The quantitative estimate of drug-likeness (QED) is 0.429. The molecule has 0 atom stereocenters. The SMILES string of the molecule is CCOc1ccc(C(=O)NNC(=O)CN2C(=O)NC3(CCC(C(C)(C)CC)CC3)C2=O)cc1. The molecule has 2 fully saturated rings. The minimum absolute atomic E-state index is 0.189. The third-order valence-corrected chi connectivity index (χ3v) is 7.15. The molecular weight excluding hydrogens is 424 g/mol. The summed E-state index contributed by atoms with van der Waals surface area (Å²) in [4.78, 5) is 51.1. The van der Waals surface area contributed by atoms with Crippen LogP contribution in [0.1, 0.15) is 70.2 Å². The van der Waals surface area contributed by atoms with E-state index in [1.54, 1.807) is 24.3 Å². The van der Waals surface area contributed by atoms with E-state index in [-0.39, 0.29) is 11.3 Å². The Hall–Kier alpha value is -3.10. The van der Waals surface area contributed by atoms with E-state index in [1.807, 2.05) is 6.92 Å². The van der Waals surface area contributed by atoms with Gasteiger partial charge < -0.3 is 10.1 Å². The number of nitrogens with one attached hydrogen (secondary N) is 3. The predicted octanol–water partition coefficient (Wildman–Crippen LogP) is 2.76. The van der Waals surface area contributed by atoms with Crippen LogP contribution in [-0.4, -0.2) is 47.3 Å². The van der Waals surface area contributed by atoms with Gasteiger partial charge in [0.2, 0.25) is 0 Å². The highest BCUT2D eigenvalue weighted by Gasteiger charge is 2.53. The molecule has 1 saturated heterocycles. The monoisotopic (exact) mass is 458 g/mol. The molecule has 2 aliphatic rings. The minimum atomic E-state index is -0.927. The second-order valence-electron chi connectivity index (χ2n) is 9.48. The maximum absolute atomic E-state index is 13.1. The first-order valence-electron chi connectivity index (χ1n) is 11.6. The lowest BCUT2D eigenvalue weighted by Gasteiger charge is -2.42. The molecule has 0 unspecified atom stereocenters. The van der Waals surface area contributed by atoms with E-state index >= 15 is 0 Å². The van der Waals surface area contributed by atoms with Crippen LogP contribution < -0.4 is 20.9 Å². The molecular formula is C24H34N4O5. The molecule has 33 heavy (non-hydrogen) atoms. The molecule has 0 aromatic heterocycles. The first-order valence-corrected chi connectivity index (χ1v) is 11.6. The van der Waals surface area contributed by atoms with Gasteiger partial charge in [0.05, 0.1) is 6.61 Å². The van der Waals surface area contributed by atoms with E-state index in [2.05, 4.69) is 36.9 Å². The van der Waals surface area contributed by atoms with Crippen molar-refractivity contribution in [2.24, 2.45) is 11.3 Å². The minimum Gasteiger partial charge on any atom is -0.494 e. The van der Waals surface area contributed by atoms with Gasteiger partial charge in [0, 0.05) is 5.56 Å². The number of benzene rings is 1. The van der Waals surface area contributed by atoms with E-state index in [0.29, 0.717) is 36.7 Å². The molecule has 5 amide bonds. The number of nitrogens with zero attached hydrogens (tertiary/aromatic N) is 1. The van der Waals surface area contributed by atoms with Crippen molar-refractivity contribution in [1.82, 2.24) is 21.1 Å². The van der Waals surface area contributed by atoms with Crippen LogP contribution in [0.25, 0.3) is 0 Å². The van der Waals surface area contributed by atoms with Gasteiger partial charge in [0.15, 0.2) is 0 Å². The fraction of sp³-hybridized carbons (Fsp3) is 0.583. The summed E-state index contributed by atoms with van der Waals surface area (Å²) >= 11 is 0. The maximum Gasteiger partial charge on any atom is 0.325 e. The third kappa shape index (κ3) is 5.29. The number of rotatable bonds is 7. The zero-order valence-electron chi connectivity index (χ0n) is 19.8. The van der Waals surface area contributed by atoms with Gasteiger partial charge >= 0.3 is 6.03 Å². The Morgan fingerprint density at radius 1 is 1.12 bits per heavy atom. The first-order chi connectivity index (χ1) is 15.6. The highest BCUT2D eigenvalue weighted by molar-refractivity contribution is 6.09. The summed E-state index contributed by atoms with van der Waals surface area (Å²) in [6, 6.07) is 5.89. The summed E-state index contributed by atoms with van der Waals surface area (Å²) in [5.41, 5.74) is 4.17. The highest BCUT2D eigenvalue weighted by Crippen LogP contribution is 2.45. The zero-order chi connectivity index (χ0) is 24.2. The van der Waals surface area contributed by atoms with Crippen LogP contribution in [0, 0.1) is 11.3 Å². The largest absolute Gasteiger partial charge is 0.494 e. The van der Waals surface area contributed by atoms with E-state index < -0.39 is 29.9 Å². The van der Waals surface area contributed by atoms with Crippen molar-refractivity contribution in [3.8, 4) is 5.75 Å². The number of ether oxygens (including phenoxy) is 1. The van der Waals surface area contributed by atoms with E-state index in [4.69, 9.17) is 4.74 Å². The van der Waals surface area contributed by atoms with Gasteiger partial charge in [-0.2, -0.15) is 0 Å². The Balaban J connectivity index is 1.52. The second kappa shape index (κ2) is 9.80. The fourth-order valence-corrected chi connectivity index (χ4v) is 4.59. The van der Waals surface area contributed by atoms with Crippen LogP contribution in [0.5, 0.6) is 5.75 Å². The molecule has 3 N–H and O–H groups in total. The Labute approximate surface area is 194 Å². The predicted molar refractivity (Wildman–Crippen MR) is 122 cm³/mol. The summed E-state index contributed by atoms with van der Waals surface area (Å²) in [6.07, 6.45) is 3.90. The average Bonchev–Trinajstić information content (AvgIpc) is 3.02. The molecule has 9 heteroatoms. The first kappa shape index (κ1) is 24.5. The molecule has 9 nitrogen and oxygen atoms in total. The topological polar surface area (TPSA) is 117 Å². The number of hydrogen-bond donors (Lipinski definition) is 3. The molecule has 1 spiro atoms. The summed E-state index contributed by atoms with van der Waals surface area (Å²) in [7, 11) is 0. The standard InChI is InChI=1S/C24H34N4O5/c1-5-23(3,4)17-11-13-24(14-12-17)21(31)28(22(32)25-24)15-19(29)26-27-20(30)16-7-9-18(10-8-16)33-6-2/h7-10,17H,5-6,11-15H2,1-4H3,(H,25,32)(H,26,29)(H,27,30). The Morgan fingerprint density at radius 2 is 1.76 bits per heavy atom. The summed E-state index contributed by atoms with van der Waals surface area (Å²) in [5.74, 6) is -0.410. The lowest BCUT2D eigenvalue weighted by Crippen LogP contribution is -2.51. The van der Waals surface area contributed by atoms with E-state index in [9.17, 15) is 19.2 Å². The van der Waals surface area contributed by atoms with Crippen molar-refractivity contribution in [2.45, 2.75) is 65.3 Å². The number of carbonyl (C=O) groups excluding carboxylic acids is 4. The molecule has 1 aromatic carbocycles. The smallest absolute Gasteiger partial charge is 0.325 e. The molecule has 1 aliphatic heterocycles. The average molecular weight is 459 g/mol. The Morgan fingerprint density at radius 3 is 2.33 bits per heavy atom. The van der Waals surface area contributed by atoms with Crippen molar-refractivity contribution in [3.05, 3.63) is 29.8 Å². The third-order valence-electron chi connectivity index (χ3n) is 7.15. The molecule has 1 aromatic rings. The van der Waals surface area contributed by atoms with E-state index in [0.717, 1.165) is 24.2 Å². The summed E-state index contributed by atoms with van der Waals surface area (Å²) in [5, 5.41) is 2.83. The molecule has 180 valence electrons. The van der Waals surface area contributed by atoms with Gasteiger partial charge in [-0.05, 0) is 68.2 Å². The number of carbonyl (C=O) groups is 4. The van der Waals surface area contributed by atoms with Gasteiger partial charge in [-0.1, -0.05) is 27.2 Å². The number of hydrogen-bond acceptors (Lipinski definition) is 5. The normalized spacial score (nSPS) is 22.8. The number of imide groups is 1. The number of hydrazine groups is 1. The highest BCUT2D eigenvalue weighted by atomic mass is 16.5. The van der Waals surface area contributed by atoms with Crippen LogP contribution in [0.2, 0.25) is 0 Å². The van der Waals surface area contributed by atoms with Crippen molar-refractivity contribution in [2.75, 3.05) is 13.2 Å². The fourth-order valence-electron chi connectivity index (χ4n) is 4.59. The molecule has 0 bridgehead atoms. The number of amides is 5. The summed E-state index contributed by atoms with van der Waals surface area (Å²) in [6.45, 7) is 8.57. The van der Waals surface area contributed by atoms with E-state index in [1.165, 1.54) is 0 Å². The lowest BCUT2D eigenvalue weighted by molar-refractivity contribution is -0.136. The van der Waals surface area contributed by atoms with Crippen LogP contribution >= 0.6 is 0 Å². The molecule has 1 heterocycles. The zero-order valence-corrected chi connectivity index (χ0v) is 19.8. The van der Waals surface area contributed by atoms with Crippen LogP contribution in [0.4, 0.5) is 4.79 Å². The second-order valence-corrected chi connectivity index (χ2v) is 9.48. The van der Waals surface area contributed by atoms with Crippen LogP contribution in [-0.2, 0) is 9.59 Å². The lowest BCUT2D eigenvalue weighted by atomic mass is 9.65. The molecule has 1 saturated carbocycles. The van der Waals surface area contributed by atoms with Crippen molar-refractivity contribution in [1.29, 1.82) is 0 Å². The van der Waals surface area contributed by atoms with Crippen LogP contribution in [0.15, 0.2) is 24.3 Å². The molecule has 1 aliphatic carbocycles. The van der Waals surface area contributed by atoms with Gasteiger partial charge in [-0.3, -0.25) is 30.1 Å². The summed E-state index contributed by atoms with van der Waals surface area (Å²) < 4.78 is 5.33. The Bertz CT molecular complexity index is 904. The van der Waals surface area contributed by atoms with Crippen LogP contribution in [0.3, 0.4) is 0 Å².